The Kier molecular flexibility index (Phi) is 9.12. The standard InChI is InChI=1S/C31H45ClFN7O3/c1-31(2,3)43-30(41)40-21-8-9-22(40)18-39(17-21)28-24-16-35-27(32)25(33)26(24)36-29(37-28)42-19-23-7-5-15-38(23)14-4-6-20-10-12-34-13-11-20/h16,20-23,34H,4-15,17-19H2,1-3H3/t21?,22?,23-/m0/s1. The number of likely N-dealkylation sites (tertiary alicyclic amines) is 1. The van der Waals surface area contributed by atoms with Crippen LogP contribution in [0.3, 0.4) is 0 Å². The van der Waals surface area contributed by atoms with Crippen molar-refractivity contribution in [3.05, 3.63) is 17.2 Å². The topological polar surface area (TPSA) is 96.0 Å². The van der Waals surface area contributed by atoms with Gasteiger partial charge >= 0.3 is 12.1 Å². The molecule has 4 saturated heterocycles. The number of aromatic nitrogens is 3. The maximum Gasteiger partial charge on any atom is 0.410 e. The molecule has 236 valence electrons. The number of halogens is 2. The normalized spacial score (nSPS) is 25.1. The highest BCUT2D eigenvalue weighted by Crippen LogP contribution is 2.37. The number of ether oxygens (including phenoxy) is 2. The van der Waals surface area contributed by atoms with Crippen LogP contribution in [0.15, 0.2) is 6.20 Å². The van der Waals surface area contributed by atoms with E-state index in [1.165, 1.54) is 31.9 Å². The molecule has 0 saturated carbocycles. The van der Waals surface area contributed by atoms with Gasteiger partial charge in [0.05, 0.1) is 17.5 Å². The Balaban J connectivity index is 1.16. The number of nitrogens with one attached hydrogen (secondary N) is 1. The molecule has 4 fully saturated rings. The van der Waals surface area contributed by atoms with Crippen molar-refractivity contribution in [1.29, 1.82) is 0 Å². The second kappa shape index (κ2) is 12.9. The summed E-state index contributed by atoms with van der Waals surface area (Å²) < 4.78 is 27.2. The summed E-state index contributed by atoms with van der Waals surface area (Å²) in [5, 5.41) is 3.71. The second-order valence-electron chi connectivity index (χ2n) is 13.6. The number of nitrogens with zero attached hydrogens (tertiary/aromatic N) is 6. The molecule has 1 amide bonds. The summed E-state index contributed by atoms with van der Waals surface area (Å²) in [6.07, 6.45) is 10.2. The molecule has 2 bridgehead atoms. The molecule has 12 heteroatoms. The van der Waals surface area contributed by atoms with Crippen LogP contribution in [0.4, 0.5) is 15.0 Å². The number of piperazine rings is 1. The predicted molar refractivity (Wildman–Crippen MR) is 164 cm³/mol. The van der Waals surface area contributed by atoms with Gasteiger partial charge in [-0.05, 0) is 104 Å². The van der Waals surface area contributed by atoms with Crippen LogP contribution in [0.1, 0.15) is 72.1 Å². The summed E-state index contributed by atoms with van der Waals surface area (Å²) in [6, 6.07) is 0.386. The number of fused-ring (bicyclic) bond motifs is 3. The number of anilines is 1. The number of piperidine rings is 1. The van der Waals surface area contributed by atoms with Crippen LogP contribution in [0.5, 0.6) is 6.01 Å². The van der Waals surface area contributed by atoms with Crippen LogP contribution in [0, 0.1) is 11.7 Å². The average Bonchev–Trinajstić information content (AvgIpc) is 3.54. The van der Waals surface area contributed by atoms with Crippen LogP contribution in [0.25, 0.3) is 10.9 Å². The van der Waals surface area contributed by atoms with Crippen LogP contribution in [-0.4, -0.2) is 100 Å². The Morgan fingerprint density at radius 2 is 1.86 bits per heavy atom. The van der Waals surface area contributed by atoms with E-state index < -0.39 is 11.4 Å². The molecule has 10 nitrogen and oxygen atoms in total. The Hall–Kier alpha value is -2.50. The first-order chi connectivity index (χ1) is 20.7. The van der Waals surface area contributed by atoms with Crippen molar-refractivity contribution < 1.29 is 18.7 Å². The number of pyridine rings is 1. The predicted octanol–water partition coefficient (Wildman–Crippen LogP) is 5.03. The van der Waals surface area contributed by atoms with Crippen molar-refractivity contribution in [2.24, 2.45) is 5.92 Å². The second-order valence-corrected chi connectivity index (χ2v) is 14.0. The zero-order valence-electron chi connectivity index (χ0n) is 25.7. The average molecular weight is 618 g/mol. The Bertz CT molecular complexity index is 1290. The van der Waals surface area contributed by atoms with Crippen molar-refractivity contribution in [3.63, 3.8) is 0 Å². The highest BCUT2D eigenvalue weighted by molar-refractivity contribution is 6.30. The lowest BCUT2D eigenvalue weighted by atomic mass is 9.93. The summed E-state index contributed by atoms with van der Waals surface area (Å²) in [7, 11) is 0. The SMILES string of the molecule is CC(C)(C)OC(=O)N1C2CCC1CN(c1nc(OC[C@@H]3CCCN3CCCC3CCNCC3)nc3c(F)c(Cl)ncc13)C2. The number of rotatable bonds is 8. The fourth-order valence-corrected chi connectivity index (χ4v) is 7.43. The molecule has 3 atom stereocenters. The molecule has 0 spiro atoms. The molecule has 2 aromatic heterocycles. The lowest BCUT2D eigenvalue weighted by Gasteiger charge is -2.42. The van der Waals surface area contributed by atoms with Crippen LogP contribution >= 0.6 is 11.6 Å². The van der Waals surface area contributed by atoms with E-state index in [4.69, 9.17) is 26.1 Å². The van der Waals surface area contributed by atoms with Crippen molar-refractivity contribution in [2.75, 3.05) is 50.8 Å². The minimum atomic E-state index is -0.677. The first kappa shape index (κ1) is 30.5. The maximum atomic E-state index is 15.3. The molecule has 43 heavy (non-hydrogen) atoms. The molecule has 2 aromatic rings. The lowest BCUT2D eigenvalue weighted by Crippen LogP contribution is -2.57. The van der Waals surface area contributed by atoms with E-state index >= 15 is 4.39 Å². The van der Waals surface area contributed by atoms with E-state index in [0.29, 0.717) is 30.9 Å². The van der Waals surface area contributed by atoms with Gasteiger partial charge in [0.2, 0.25) is 0 Å². The number of amides is 1. The zero-order chi connectivity index (χ0) is 30.1. The summed E-state index contributed by atoms with van der Waals surface area (Å²) >= 11 is 6.08. The summed E-state index contributed by atoms with van der Waals surface area (Å²) in [6.45, 7) is 11.6. The molecular formula is C31H45ClFN7O3. The Morgan fingerprint density at radius 3 is 2.58 bits per heavy atom. The van der Waals surface area contributed by atoms with Gasteiger partial charge in [0.1, 0.15) is 23.5 Å². The fraction of sp³-hybridized carbons (Fsp3) is 0.742. The van der Waals surface area contributed by atoms with Crippen molar-refractivity contribution in [2.45, 2.75) is 95.9 Å². The highest BCUT2D eigenvalue weighted by Gasteiger charge is 2.45. The zero-order valence-corrected chi connectivity index (χ0v) is 26.4. The number of carbonyl (C=O) groups is 1. The molecule has 0 radical (unpaired) electrons. The number of hydrogen-bond acceptors (Lipinski definition) is 9. The van der Waals surface area contributed by atoms with Crippen molar-refractivity contribution in [3.8, 4) is 6.01 Å². The first-order valence-electron chi connectivity index (χ1n) is 16.0. The molecular weight excluding hydrogens is 573 g/mol. The third-order valence-electron chi connectivity index (χ3n) is 9.41. The van der Waals surface area contributed by atoms with Gasteiger partial charge in [-0.1, -0.05) is 11.6 Å². The van der Waals surface area contributed by atoms with Crippen LogP contribution in [-0.2, 0) is 4.74 Å². The summed E-state index contributed by atoms with van der Waals surface area (Å²) in [5.74, 6) is 0.720. The molecule has 1 N–H and O–H groups in total. The number of hydrogen-bond donors (Lipinski definition) is 1. The summed E-state index contributed by atoms with van der Waals surface area (Å²) in [4.78, 5) is 32.9. The quantitative estimate of drug-likeness (QED) is 0.409. The van der Waals surface area contributed by atoms with Gasteiger partial charge in [0.15, 0.2) is 11.0 Å². The van der Waals surface area contributed by atoms with Gasteiger partial charge in [-0.3, -0.25) is 9.80 Å². The summed E-state index contributed by atoms with van der Waals surface area (Å²) in [5.41, 5.74) is -0.458. The van der Waals surface area contributed by atoms with E-state index in [9.17, 15) is 4.79 Å². The van der Waals surface area contributed by atoms with Gasteiger partial charge in [-0.15, -0.1) is 0 Å². The molecule has 4 aliphatic heterocycles. The van der Waals surface area contributed by atoms with Crippen molar-refractivity contribution in [1.82, 2.24) is 30.1 Å². The first-order valence-corrected chi connectivity index (χ1v) is 16.4. The van der Waals surface area contributed by atoms with E-state index in [-0.39, 0.29) is 40.9 Å². The fourth-order valence-electron chi connectivity index (χ4n) is 7.30. The maximum absolute atomic E-state index is 15.3. The number of carbonyl (C=O) groups excluding carboxylic acids is 1. The lowest BCUT2D eigenvalue weighted by molar-refractivity contribution is 0.0122. The molecule has 6 heterocycles. The Labute approximate surface area is 258 Å². The molecule has 0 aromatic carbocycles. The molecule has 4 aliphatic rings. The third kappa shape index (κ3) is 6.93. The molecule has 0 aliphatic carbocycles. The van der Waals surface area contributed by atoms with Crippen LogP contribution < -0.4 is 15.0 Å². The van der Waals surface area contributed by atoms with Gasteiger partial charge < -0.3 is 19.7 Å². The smallest absolute Gasteiger partial charge is 0.410 e. The van der Waals surface area contributed by atoms with E-state index in [0.717, 1.165) is 57.8 Å². The monoisotopic (exact) mass is 617 g/mol. The minimum Gasteiger partial charge on any atom is -0.462 e. The van der Waals surface area contributed by atoms with Gasteiger partial charge in [-0.25, -0.2) is 14.2 Å². The molecule has 2 unspecified atom stereocenters. The largest absolute Gasteiger partial charge is 0.462 e. The van der Waals surface area contributed by atoms with Gasteiger partial charge in [-0.2, -0.15) is 9.97 Å². The molecule has 6 rings (SSSR count). The van der Waals surface area contributed by atoms with Crippen molar-refractivity contribution >= 4 is 34.4 Å². The highest BCUT2D eigenvalue weighted by atomic mass is 35.5. The van der Waals surface area contributed by atoms with Gasteiger partial charge in [0, 0.05) is 25.3 Å². The third-order valence-corrected chi connectivity index (χ3v) is 9.67. The Morgan fingerprint density at radius 1 is 1.12 bits per heavy atom. The van der Waals surface area contributed by atoms with E-state index in [2.05, 4.69) is 25.1 Å². The van der Waals surface area contributed by atoms with E-state index in [1.807, 2.05) is 25.7 Å². The van der Waals surface area contributed by atoms with E-state index in [1.54, 1.807) is 0 Å². The van der Waals surface area contributed by atoms with Crippen LogP contribution in [0.2, 0.25) is 5.15 Å². The minimum absolute atomic E-state index is 0.0231. The van der Waals surface area contributed by atoms with Gasteiger partial charge in [0.25, 0.3) is 0 Å².